The van der Waals surface area contributed by atoms with Crippen LogP contribution in [-0.4, -0.2) is 44.2 Å². The fourth-order valence-electron chi connectivity index (χ4n) is 3.40. The zero-order chi connectivity index (χ0) is 20.1. The van der Waals surface area contributed by atoms with E-state index in [4.69, 9.17) is 4.74 Å². The number of ether oxygens (including phenoxy) is 1. The van der Waals surface area contributed by atoms with E-state index in [1.54, 1.807) is 16.8 Å². The van der Waals surface area contributed by atoms with Crippen molar-refractivity contribution in [3.05, 3.63) is 39.7 Å². The van der Waals surface area contributed by atoms with Gasteiger partial charge in [0.25, 0.3) is 5.69 Å². The summed E-state index contributed by atoms with van der Waals surface area (Å²) in [6.07, 6.45) is 2.95. The summed E-state index contributed by atoms with van der Waals surface area (Å²) in [7, 11) is 0. The number of esters is 1. The van der Waals surface area contributed by atoms with E-state index in [9.17, 15) is 14.9 Å². The fraction of sp³-hybridized carbons (Fsp3) is 0.556. The van der Waals surface area contributed by atoms with Gasteiger partial charge in [-0.3, -0.25) is 10.1 Å². The summed E-state index contributed by atoms with van der Waals surface area (Å²) in [4.78, 5) is 25.5. The Hall–Kier alpha value is -3.04. The van der Waals surface area contributed by atoms with Crippen LogP contribution in [0.25, 0.3) is 0 Å². The van der Waals surface area contributed by atoms with Crippen molar-refractivity contribution in [2.75, 3.05) is 18.0 Å². The summed E-state index contributed by atoms with van der Waals surface area (Å²) in [5, 5.41) is 22.8. The van der Waals surface area contributed by atoms with E-state index >= 15 is 0 Å². The average Bonchev–Trinajstić information content (AvgIpc) is 3.13. The van der Waals surface area contributed by atoms with Gasteiger partial charge in [0.2, 0.25) is 0 Å². The summed E-state index contributed by atoms with van der Waals surface area (Å²) < 4.78 is 6.82. The van der Waals surface area contributed by atoms with Crippen molar-refractivity contribution in [2.45, 2.75) is 46.3 Å². The first-order chi connectivity index (χ1) is 13.5. The number of nitrogens with zero attached hydrogens (tertiary/aromatic N) is 6. The molecule has 0 N–H and O–H groups in total. The molecule has 1 aliphatic rings. The zero-order valence-electron chi connectivity index (χ0n) is 16.1. The smallest absolute Gasteiger partial charge is 0.338 e. The second-order valence-electron chi connectivity index (χ2n) is 7.05. The van der Waals surface area contributed by atoms with Gasteiger partial charge in [-0.1, -0.05) is 13.8 Å². The van der Waals surface area contributed by atoms with Crippen LogP contribution in [0.1, 0.15) is 49.3 Å². The summed E-state index contributed by atoms with van der Waals surface area (Å²) in [5.41, 5.74) is 0.592. The normalized spacial score (nSPS) is 16.8. The van der Waals surface area contributed by atoms with Crippen LogP contribution < -0.4 is 4.90 Å². The second kappa shape index (κ2) is 8.77. The molecule has 2 aromatic rings. The molecular formula is C18H24N6O4. The number of nitro benzene ring substituents is 1. The molecule has 1 saturated heterocycles. The van der Waals surface area contributed by atoms with Gasteiger partial charge in [-0.25, -0.2) is 9.48 Å². The van der Waals surface area contributed by atoms with Gasteiger partial charge in [-0.05, 0) is 47.7 Å². The molecule has 0 spiro atoms. The largest absolute Gasteiger partial charge is 0.454 e. The number of aromatic nitrogens is 4. The van der Waals surface area contributed by atoms with Crippen molar-refractivity contribution in [3.8, 4) is 0 Å². The molecule has 10 heteroatoms. The Morgan fingerprint density at radius 3 is 2.96 bits per heavy atom. The molecule has 0 radical (unpaired) electrons. The highest BCUT2D eigenvalue weighted by Gasteiger charge is 2.25. The number of hydrogen-bond acceptors (Lipinski definition) is 8. The molecule has 10 nitrogen and oxygen atoms in total. The van der Waals surface area contributed by atoms with E-state index in [0.717, 1.165) is 32.4 Å². The number of tetrazole rings is 1. The van der Waals surface area contributed by atoms with Crippen molar-refractivity contribution in [1.82, 2.24) is 20.2 Å². The molecule has 150 valence electrons. The average molecular weight is 388 g/mol. The van der Waals surface area contributed by atoms with Crippen molar-refractivity contribution < 1.29 is 14.5 Å². The van der Waals surface area contributed by atoms with Crippen LogP contribution in [0.3, 0.4) is 0 Å². The van der Waals surface area contributed by atoms with Gasteiger partial charge in [0.1, 0.15) is 5.69 Å². The van der Waals surface area contributed by atoms with E-state index in [0.29, 0.717) is 24.0 Å². The molecule has 1 atom stereocenters. The lowest BCUT2D eigenvalue weighted by molar-refractivity contribution is -0.384. The topological polar surface area (TPSA) is 116 Å². The highest BCUT2D eigenvalue weighted by molar-refractivity contribution is 5.91. The Labute approximate surface area is 162 Å². The van der Waals surface area contributed by atoms with Gasteiger partial charge in [0.05, 0.1) is 10.5 Å². The van der Waals surface area contributed by atoms with Crippen LogP contribution in [0.4, 0.5) is 11.4 Å². The molecule has 28 heavy (non-hydrogen) atoms. The lowest BCUT2D eigenvalue weighted by Crippen LogP contribution is -2.34. The number of anilines is 1. The van der Waals surface area contributed by atoms with Gasteiger partial charge >= 0.3 is 5.97 Å². The van der Waals surface area contributed by atoms with E-state index in [1.807, 2.05) is 11.8 Å². The van der Waals surface area contributed by atoms with E-state index in [-0.39, 0.29) is 17.9 Å². The van der Waals surface area contributed by atoms with Gasteiger partial charge in [-0.2, -0.15) is 0 Å². The van der Waals surface area contributed by atoms with E-state index < -0.39 is 10.9 Å². The molecule has 1 aliphatic heterocycles. The van der Waals surface area contributed by atoms with Crippen LogP contribution in [-0.2, 0) is 17.9 Å². The van der Waals surface area contributed by atoms with Crippen molar-refractivity contribution in [2.24, 2.45) is 5.92 Å². The lowest BCUT2D eigenvalue weighted by atomic mass is 9.99. The number of nitro groups is 1. The Morgan fingerprint density at radius 1 is 1.43 bits per heavy atom. The van der Waals surface area contributed by atoms with Gasteiger partial charge in [0, 0.05) is 25.7 Å². The predicted octanol–water partition coefficient (Wildman–Crippen LogP) is 2.58. The number of hydrogen-bond donors (Lipinski definition) is 0. The number of carbonyl (C=O) groups excluding carboxylic acids is 1. The van der Waals surface area contributed by atoms with Crippen molar-refractivity contribution in [3.63, 3.8) is 0 Å². The number of piperidine rings is 1. The first kappa shape index (κ1) is 19.7. The maximum Gasteiger partial charge on any atom is 0.338 e. The molecule has 2 heterocycles. The molecule has 3 rings (SSSR count). The quantitative estimate of drug-likeness (QED) is 0.404. The summed E-state index contributed by atoms with van der Waals surface area (Å²) in [6, 6.07) is 4.48. The minimum Gasteiger partial charge on any atom is -0.454 e. The lowest BCUT2D eigenvalue weighted by Gasteiger charge is -2.32. The van der Waals surface area contributed by atoms with Crippen LogP contribution in [0.15, 0.2) is 18.2 Å². The van der Waals surface area contributed by atoms with E-state index in [2.05, 4.69) is 22.4 Å². The predicted molar refractivity (Wildman–Crippen MR) is 101 cm³/mol. The highest BCUT2D eigenvalue weighted by atomic mass is 16.6. The molecule has 0 saturated carbocycles. The summed E-state index contributed by atoms with van der Waals surface area (Å²) in [5.74, 6) is 0.267. The van der Waals surface area contributed by atoms with Crippen LogP contribution >= 0.6 is 0 Å². The maximum absolute atomic E-state index is 12.4. The third-order valence-electron chi connectivity index (χ3n) is 4.78. The third-order valence-corrected chi connectivity index (χ3v) is 4.78. The molecule has 0 amide bonds. The van der Waals surface area contributed by atoms with Crippen LogP contribution in [0.2, 0.25) is 0 Å². The zero-order valence-corrected chi connectivity index (χ0v) is 16.1. The van der Waals surface area contributed by atoms with Crippen LogP contribution in [0, 0.1) is 16.0 Å². The molecule has 1 fully saturated rings. The number of rotatable bonds is 7. The minimum absolute atomic E-state index is 0.0839. The number of carbonyl (C=O) groups is 1. The molecule has 1 aromatic carbocycles. The van der Waals surface area contributed by atoms with E-state index in [1.165, 1.54) is 6.07 Å². The summed E-state index contributed by atoms with van der Waals surface area (Å²) in [6.45, 7) is 6.19. The molecular weight excluding hydrogens is 364 g/mol. The molecule has 0 aliphatic carbocycles. The Balaban J connectivity index is 1.74. The first-order valence-corrected chi connectivity index (χ1v) is 9.45. The second-order valence-corrected chi connectivity index (χ2v) is 7.05. The SMILES string of the molecule is CCCn1nnnc1COC(=O)c1ccc(N2CCC[C@@H](C)C2)c([N+](=O)[O-])c1. The number of aryl methyl sites for hydroxylation is 1. The number of benzene rings is 1. The molecule has 0 unspecified atom stereocenters. The molecule has 0 bridgehead atoms. The first-order valence-electron chi connectivity index (χ1n) is 9.45. The molecule has 1 aromatic heterocycles. The summed E-state index contributed by atoms with van der Waals surface area (Å²) >= 11 is 0. The highest BCUT2D eigenvalue weighted by Crippen LogP contribution is 2.32. The fourth-order valence-corrected chi connectivity index (χ4v) is 3.40. The van der Waals surface area contributed by atoms with Gasteiger partial charge < -0.3 is 9.64 Å². The van der Waals surface area contributed by atoms with Crippen LogP contribution in [0.5, 0.6) is 0 Å². The van der Waals surface area contributed by atoms with Gasteiger partial charge in [-0.15, -0.1) is 5.10 Å². The van der Waals surface area contributed by atoms with Gasteiger partial charge in [0.15, 0.2) is 12.4 Å². The Morgan fingerprint density at radius 2 is 2.25 bits per heavy atom. The Kier molecular flexibility index (Phi) is 6.17. The van der Waals surface area contributed by atoms with Crippen molar-refractivity contribution >= 4 is 17.3 Å². The monoisotopic (exact) mass is 388 g/mol. The van der Waals surface area contributed by atoms with Crippen molar-refractivity contribution in [1.29, 1.82) is 0 Å². The Bertz CT molecular complexity index is 852. The maximum atomic E-state index is 12.4. The third kappa shape index (κ3) is 4.44. The standard InChI is InChI=1S/C18H24N6O4/c1-3-8-23-17(19-20-21-23)12-28-18(25)14-6-7-15(16(10-14)24(26)27)22-9-4-5-13(2)11-22/h6-7,10,13H,3-5,8-9,11-12H2,1-2H3/t13-/m1/s1. The minimum atomic E-state index is -0.646.